The van der Waals surface area contributed by atoms with Gasteiger partial charge in [0, 0.05) is 15.4 Å². The summed E-state index contributed by atoms with van der Waals surface area (Å²) in [6.45, 7) is 1.22. The molecule has 1 aliphatic heterocycles. The normalized spacial score (nSPS) is 20.2. The third kappa shape index (κ3) is 3.79. The zero-order valence-electron chi connectivity index (χ0n) is 9.42. The molecule has 1 nitrogen and oxygen atoms in total. The van der Waals surface area contributed by atoms with Crippen LogP contribution in [0.2, 0.25) is 0 Å². The summed E-state index contributed by atoms with van der Waals surface area (Å²) in [4.78, 5) is 1.36. The molecule has 1 unspecified atom stereocenters. The lowest BCUT2D eigenvalue weighted by atomic mass is 10.1. The van der Waals surface area contributed by atoms with Crippen molar-refractivity contribution in [2.45, 2.75) is 36.6 Å². The molecule has 1 fully saturated rings. The average Bonchev–Trinajstić information content (AvgIpc) is 2.79. The van der Waals surface area contributed by atoms with Gasteiger partial charge in [-0.3, -0.25) is 0 Å². The lowest BCUT2D eigenvalue weighted by Crippen LogP contribution is -2.20. The molecule has 0 spiro atoms. The maximum atomic E-state index is 3.58. The highest BCUT2D eigenvalue weighted by atomic mass is 79.9. The van der Waals surface area contributed by atoms with Crippen LogP contribution in [0.4, 0.5) is 0 Å². The van der Waals surface area contributed by atoms with Crippen molar-refractivity contribution < 1.29 is 0 Å². The largest absolute Gasteiger partial charge is 0.314 e. The van der Waals surface area contributed by atoms with Gasteiger partial charge in [-0.05, 0) is 66.0 Å². The molecule has 1 atom stereocenters. The second kappa shape index (κ2) is 6.67. The third-order valence-corrected chi connectivity index (χ3v) is 5.07. The molecule has 0 saturated carbocycles. The molecule has 2 rings (SSSR count). The molecule has 16 heavy (non-hydrogen) atoms. The molecule has 3 heteroatoms. The smallest absolute Gasteiger partial charge is 0.0311 e. The summed E-state index contributed by atoms with van der Waals surface area (Å²) in [6.07, 6.45) is 5.38. The topological polar surface area (TPSA) is 12.0 Å². The van der Waals surface area contributed by atoms with E-state index in [-0.39, 0.29) is 0 Å². The second-order valence-electron chi connectivity index (χ2n) is 4.21. The molecule has 1 heterocycles. The van der Waals surface area contributed by atoms with Crippen molar-refractivity contribution in [3.8, 4) is 0 Å². The van der Waals surface area contributed by atoms with Crippen LogP contribution >= 0.6 is 27.7 Å². The van der Waals surface area contributed by atoms with Gasteiger partial charge in [-0.25, -0.2) is 0 Å². The first-order chi connectivity index (χ1) is 7.86. The Balaban J connectivity index is 1.66. The zero-order chi connectivity index (χ0) is 11.2. The van der Waals surface area contributed by atoms with Crippen LogP contribution in [-0.2, 0) is 0 Å². The summed E-state index contributed by atoms with van der Waals surface area (Å²) in [7, 11) is 0. The van der Waals surface area contributed by atoms with E-state index in [1.165, 1.54) is 47.3 Å². The van der Waals surface area contributed by atoms with E-state index in [1.807, 2.05) is 11.8 Å². The predicted octanol–water partition coefficient (Wildman–Crippen LogP) is 4.07. The van der Waals surface area contributed by atoms with Crippen molar-refractivity contribution in [1.82, 2.24) is 5.32 Å². The molecule has 1 aromatic carbocycles. The van der Waals surface area contributed by atoms with Gasteiger partial charge in [0.2, 0.25) is 0 Å². The molecule has 0 aliphatic carbocycles. The Kier molecular flexibility index (Phi) is 5.20. The van der Waals surface area contributed by atoms with Crippen molar-refractivity contribution >= 4 is 27.7 Å². The fourth-order valence-electron chi connectivity index (χ4n) is 2.08. The quantitative estimate of drug-likeness (QED) is 0.650. The van der Waals surface area contributed by atoms with Gasteiger partial charge in [0.1, 0.15) is 0 Å². The molecule has 0 aromatic heterocycles. The molecule has 0 bridgehead atoms. The van der Waals surface area contributed by atoms with Crippen LogP contribution in [0, 0.1) is 0 Å². The van der Waals surface area contributed by atoms with E-state index in [9.17, 15) is 0 Å². The molecule has 88 valence electrons. The number of thioether (sulfide) groups is 1. The van der Waals surface area contributed by atoms with Crippen LogP contribution in [0.5, 0.6) is 0 Å². The van der Waals surface area contributed by atoms with Gasteiger partial charge >= 0.3 is 0 Å². The number of halogens is 1. The second-order valence-corrected chi connectivity index (χ2v) is 6.21. The van der Waals surface area contributed by atoms with Crippen LogP contribution < -0.4 is 5.32 Å². The van der Waals surface area contributed by atoms with Gasteiger partial charge in [-0.1, -0.05) is 12.1 Å². The minimum absolute atomic E-state index is 0.791. The van der Waals surface area contributed by atoms with E-state index >= 15 is 0 Å². The molecule has 1 saturated heterocycles. The van der Waals surface area contributed by atoms with E-state index in [2.05, 4.69) is 45.5 Å². The van der Waals surface area contributed by atoms with E-state index in [0.717, 1.165) is 6.04 Å². The van der Waals surface area contributed by atoms with Gasteiger partial charge in [-0.15, -0.1) is 11.8 Å². The van der Waals surface area contributed by atoms with Crippen molar-refractivity contribution in [2.75, 3.05) is 12.3 Å². The minimum Gasteiger partial charge on any atom is -0.314 e. The van der Waals surface area contributed by atoms with E-state index in [1.54, 1.807) is 0 Å². The predicted molar refractivity (Wildman–Crippen MR) is 75.1 cm³/mol. The lowest BCUT2D eigenvalue weighted by molar-refractivity contribution is 0.553. The Morgan fingerprint density at radius 2 is 2.25 bits per heavy atom. The number of rotatable bonds is 5. The Morgan fingerprint density at radius 3 is 3.00 bits per heavy atom. The average molecular weight is 300 g/mol. The van der Waals surface area contributed by atoms with Gasteiger partial charge in [-0.2, -0.15) is 0 Å². The van der Waals surface area contributed by atoms with E-state index < -0.39 is 0 Å². The van der Waals surface area contributed by atoms with E-state index in [4.69, 9.17) is 0 Å². The first-order valence-electron chi connectivity index (χ1n) is 5.97. The number of hydrogen-bond donors (Lipinski definition) is 1. The molecular formula is C13H18BrNS. The summed E-state index contributed by atoms with van der Waals surface area (Å²) in [5.41, 5.74) is 0. The summed E-state index contributed by atoms with van der Waals surface area (Å²) in [5.74, 6) is 1.22. The first kappa shape index (κ1) is 12.5. The Labute approximate surface area is 111 Å². The van der Waals surface area contributed by atoms with Crippen LogP contribution in [0.1, 0.15) is 25.7 Å². The zero-order valence-corrected chi connectivity index (χ0v) is 11.8. The SMILES string of the molecule is Brc1ccccc1SCCCC1CCCN1. The van der Waals surface area contributed by atoms with Crippen molar-refractivity contribution in [2.24, 2.45) is 0 Å². The van der Waals surface area contributed by atoms with E-state index in [0.29, 0.717) is 0 Å². The van der Waals surface area contributed by atoms with Gasteiger partial charge in [0.05, 0.1) is 0 Å². The summed E-state index contributed by atoms with van der Waals surface area (Å²) >= 11 is 5.54. The van der Waals surface area contributed by atoms with Crippen LogP contribution in [0.3, 0.4) is 0 Å². The fourth-order valence-corrected chi connectivity index (χ4v) is 3.62. The van der Waals surface area contributed by atoms with Gasteiger partial charge < -0.3 is 5.32 Å². The van der Waals surface area contributed by atoms with Gasteiger partial charge in [0.15, 0.2) is 0 Å². The molecule has 0 amide bonds. The Hall–Kier alpha value is 0.01000. The van der Waals surface area contributed by atoms with Crippen LogP contribution in [0.15, 0.2) is 33.6 Å². The Bertz CT molecular complexity index is 323. The van der Waals surface area contributed by atoms with Crippen LogP contribution in [0.25, 0.3) is 0 Å². The highest BCUT2D eigenvalue weighted by Gasteiger charge is 2.12. The number of nitrogens with one attached hydrogen (secondary N) is 1. The molecule has 0 radical (unpaired) electrons. The maximum absolute atomic E-state index is 3.58. The highest BCUT2D eigenvalue weighted by Crippen LogP contribution is 2.28. The summed E-state index contributed by atoms with van der Waals surface area (Å²) < 4.78 is 1.22. The third-order valence-electron chi connectivity index (χ3n) is 2.95. The number of benzene rings is 1. The first-order valence-corrected chi connectivity index (χ1v) is 7.75. The summed E-state index contributed by atoms with van der Waals surface area (Å²) in [6, 6.07) is 9.26. The van der Waals surface area contributed by atoms with Crippen LogP contribution in [-0.4, -0.2) is 18.3 Å². The number of hydrogen-bond acceptors (Lipinski definition) is 2. The van der Waals surface area contributed by atoms with Crippen molar-refractivity contribution in [1.29, 1.82) is 0 Å². The lowest BCUT2D eigenvalue weighted by Gasteiger charge is -2.09. The Morgan fingerprint density at radius 1 is 1.38 bits per heavy atom. The van der Waals surface area contributed by atoms with Crippen molar-refractivity contribution in [3.05, 3.63) is 28.7 Å². The molecule has 1 N–H and O–H groups in total. The molecule has 1 aliphatic rings. The fraction of sp³-hybridized carbons (Fsp3) is 0.538. The van der Waals surface area contributed by atoms with Gasteiger partial charge in [0.25, 0.3) is 0 Å². The van der Waals surface area contributed by atoms with Crippen molar-refractivity contribution in [3.63, 3.8) is 0 Å². The highest BCUT2D eigenvalue weighted by molar-refractivity contribution is 9.10. The maximum Gasteiger partial charge on any atom is 0.0311 e. The standard InChI is InChI=1S/C13H18BrNS/c14-12-7-1-2-8-13(12)16-10-4-6-11-5-3-9-15-11/h1-2,7-8,11,15H,3-6,9-10H2. The molecule has 1 aromatic rings. The summed E-state index contributed by atoms with van der Waals surface area (Å²) in [5, 5.41) is 3.55. The minimum atomic E-state index is 0.791. The monoisotopic (exact) mass is 299 g/mol. The molecular weight excluding hydrogens is 282 g/mol.